The smallest absolute Gasteiger partial charge is 0.186 e. The third kappa shape index (κ3) is 4.52. The van der Waals surface area contributed by atoms with Gasteiger partial charge in [-0.25, -0.2) is 4.21 Å². The summed E-state index contributed by atoms with van der Waals surface area (Å²) in [7, 11) is 0. The van der Waals surface area contributed by atoms with E-state index in [0.717, 1.165) is 23.4 Å². The van der Waals surface area contributed by atoms with Crippen LogP contribution in [0.4, 0.5) is 5.69 Å². The number of nitrogens with zero attached hydrogens (tertiary/aromatic N) is 2. The first kappa shape index (κ1) is 22.4. The summed E-state index contributed by atoms with van der Waals surface area (Å²) in [6, 6.07) is 19.6. The van der Waals surface area contributed by atoms with Crippen LogP contribution in [-0.4, -0.2) is 15.3 Å². The highest BCUT2D eigenvalue weighted by atomic mass is 35.5. The monoisotopic (exact) mass is 484 g/mol. The van der Waals surface area contributed by atoms with Crippen molar-refractivity contribution in [3.63, 3.8) is 0 Å². The summed E-state index contributed by atoms with van der Waals surface area (Å²) < 4.78 is 26.4. The molecule has 1 unspecified atom stereocenters. The molecule has 0 spiro atoms. The first-order chi connectivity index (χ1) is 15.4. The predicted molar refractivity (Wildman–Crippen MR) is 127 cm³/mol. The largest absolute Gasteiger partial charge is 0.453 e. The Balaban J connectivity index is 1.58. The topological polar surface area (TPSA) is 73.6 Å². The van der Waals surface area contributed by atoms with Gasteiger partial charge in [0, 0.05) is 23.8 Å². The molecule has 162 valence electrons. The summed E-state index contributed by atoms with van der Waals surface area (Å²) >= 11 is 10.6. The summed E-state index contributed by atoms with van der Waals surface area (Å²) in [6.45, 7) is 4.88. The van der Waals surface area contributed by atoms with E-state index in [-0.39, 0.29) is 11.7 Å². The van der Waals surface area contributed by atoms with Gasteiger partial charge in [0.15, 0.2) is 16.8 Å². The Morgan fingerprint density at radius 3 is 2.56 bits per heavy atom. The minimum Gasteiger partial charge on any atom is -0.453 e. The molecule has 1 saturated heterocycles. The van der Waals surface area contributed by atoms with Gasteiger partial charge in [0.1, 0.15) is 11.8 Å². The van der Waals surface area contributed by atoms with Crippen LogP contribution in [0, 0.1) is 11.3 Å². The van der Waals surface area contributed by atoms with Crippen LogP contribution in [0.15, 0.2) is 77.8 Å². The van der Waals surface area contributed by atoms with Crippen molar-refractivity contribution in [3.8, 4) is 17.6 Å². The van der Waals surface area contributed by atoms with E-state index in [4.69, 9.17) is 27.9 Å². The van der Waals surface area contributed by atoms with Gasteiger partial charge >= 0.3 is 0 Å². The van der Waals surface area contributed by atoms with E-state index >= 15 is 0 Å². The molecule has 0 bridgehead atoms. The van der Waals surface area contributed by atoms with Gasteiger partial charge in [-0.3, -0.25) is 0 Å². The second-order valence-electron chi connectivity index (χ2n) is 7.34. The lowest BCUT2D eigenvalue weighted by molar-refractivity contribution is 0.480. The molecule has 8 heteroatoms. The van der Waals surface area contributed by atoms with Gasteiger partial charge in [0.25, 0.3) is 0 Å². The normalized spacial score (nSPS) is 16.6. The highest BCUT2D eigenvalue weighted by molar-refractivity contribution is 7.79. The Kier molecular flexibility index (Phi) is 6.54. The third-order valence-electron chi connectivity index (χ3n) is 5.34. The van der Waals surface area contributed by atoms with Crippen molar-refractivity contribution in [1.29, 1.82) is 5.26 Å². The number of halogens is 2. The van der Waals surface area contributed by atoms with Crippen LogP contribution >= 0.6 is 23.2 Å². The molecule has 4 rings (SSSR count). The molecule has 0 aliphatic carbocycles. The minimum absolute atomic E-state index is 0.149. The second kappa shape index (κ2) is 9.35. The molecule has 0 aromatic heterocycles. The van der Waals surface area contributed by atoms with Crippen LogP contribution < -0.4 is 9.64 Å². The highest BCUT2D eigenvalue weighted by Crippen LogP contribution is 2.41. The molecule has 1 N–H and O–H groups in total. The van der Waals surface area contributed by atoms with Crippen LogP contribution in [0.3, 0.4) is 0 Å². The highest BCUT2D eigenvalue weighted by Gasteiger charge is 2.28. The first-order valence-corrected chi connectivity index (χ1v) is 11.6. The van der Waals surface area contributed by atoms with Gasteiger partial charge in [0.2, 0.25) is 0 Å². The molecule has 0 saturated carbocycles. The molecule has 1 heterocycles. The number of ether oxygens (including phenoxy) is 1. The molecular formula is C24H18Cl2N2O3S. The summed E-state index contributed by atoms with van der Waals surface area (Å²) in [5.41, 5.74) is 3.20. The Bertz CT molecular complexity index is 1260. The zero-order chi connectivity index (χ0) is 22.8. The Morgan fingerprint density at radius 2 is 1.88 bits per heavy atom. The molecular weight excluding hydrogens is 467 g/mol. The molecule has 2 atom stereocenters. The van der Waals surface area contributed by atoms with Gasteiger partial charge in [-0.2, -0.15) is 5.26 Å². The molecule has 1 aliphatic rings. The van der Waals surface area contributed by atoms with Crippen molar-refractivity contribution in [3.05, 3.63) is 94.1 Å². The standard InChI is InChI=1S/C24H18Cl2N2O3S/c1-15-11-18(14-28(15)19-6-8-20(9-7-19)32(29)30)16-5-10-21(25)23(12-16)31-24-17(13-27)3-2-4-22(24)26/h2-10,12,18H,1,11,14H2,(H,29,30)/t18-/m0/s1. The van der Waals surface area contributed by atoms with Crippen LogP contribution in [0.25, 0.3) is 0 Å². The Labute approximate surface area is 198 Å². The fourth-order valence-corrected chi connectivity index (χ4v) is 4.46. The van der Waals surface area contributed by atoms with Gasteiger partial charge in [-0.05, 0) is 60.5 Å². The lowest BCUT2D eigenvalue weighted by Crippen LogP contribution is -2.17. The molecule has 0 radical (unpaired) electrons. The van der Waals surface area contributed by atoms with E-state index in [1.54, 1.807) is 36.4 Å². The van der Waals surface area contributed by atoms with Crippen molar-refractivity contribution in [2.75, 3.05) is 11.4 Å². The average molecular weight is 485 g/mol. The number of para-hydroxylation sites is 1. The summed E-state index contributed by atoms with van der Waals surface area (Å²) in [5, 5.41) is 10.1. The van der Waals surface area contributed by atoms with Crippen LogP contribution in [0.2, 0.25) is 10.0 Å². The molecule has 1 fully saturated rings. The van der Waals surface area contributed by atoms with Gasteiger partial charge in [-0.1, -0.05) is 41.9 Å². The fraction of sp³-hybridized carbons (Fsp3) is 0.125. The summed E-state index contributed by atoms with van der Waals surface area (Å²) in [4.78, 5) is 2.44. The third-order valence-corrected chi connectivity index (χ3v) is 6.63. The van der Waals surface area contributed by atoms with E-state index < -0.39 is 11.1 Å². The van der Waals surface area contributed by atoms with E-state index in [0.29, 0.717) is 32.8 Å². The first-order valence-electron chi connectivity index (χ1n) is 9.69. The van der Waals surface area contributed by atoms with Crippen molar-refractivity contribution in [2.24, 2.45) is 0 Å². The Morgan fingerprint density at radius 1 is 1.12 bits per heavy atom. The maximum Gasteiger partial charge on any atom is 0.186 e. The zero-order valence-corrected chi connectivity index (χ0v) is 19.1. The lowest BCUT2D eigenvalue weighted by Gasteiger charge is -2.20. The van der Waals surface area contributed by atoms with E-state index in [1.165, 1.54) is 0 Å². The quantitative estimate of drug-likeness (QED) is 0.405. The number of benzene rings is 3. The maximum atomic E-state index is 11.2. The van der Waals surface area contributed by atoms with Crippen molar-refractivity contribution in [2.45, 2.75) is 17.2 Å². The van der Waals surface area contributed by atoms with Crippen molar-refractivity contribution in [1.82, 2.24) is 0 Å². The minimum atomic E-state index is -2.01. The Hall–Kier alpha value is -2.82. The second-order valence-corrected chi connectivity index (χ2v) is 9.13. The van der Waals surface area contributed by atoms with E-state index in [2.05, 4.69) is 17.5 Å². The van der Waals surface area contributed by atoms with E-state index in [1.807, 2.05) is 24.3 Å². The predicted octanol–water partition coefficient (Wildman–Crippen LogP) is 6.75. The van der Waals surface area contributed by atoms with Crippen LogP contribution in [0.5, 0.6) is 11.5 Å². The molecule has 0 amide bonds. The number of rotatable bonds is 5. The van der Waals surface area contributed by atoms with Crippen LogP contribution in [-0.2, 0) is 11.1 Å². The van der Waals surface area contributed by atoms with Crippen LogP contribution in [0.1, 0.15) is 23.5 Å². The SMILES string of the molecule is C=C1C[C@H](c2ccc(Cl)c(Oc3c(Cl)cccc3C#N)c2)CN1c1ccc(S(=O)O)cc1. The number of anilines is 1. The number of nitriles is 1. The van der Waals surface area contributed by atoms with Crippen molar-refractivity contribution < 1.29 is 13.5 Å². The summed E-state index contributed by atoms with van der Waals surface area (Å²) in [6.07, 6.45) is 0.740. The molecule has 3 aromatic rings. The van der Waals surface area contributed by atoms with Crippen molar-refractivity contribution >= 4 is 40.0 Å². The summed E-state index contributed by atoms with van der Waals surface area (Å²) in [5.74, 6) is 0.845. The van der Waals surface area contributed by atoms with E-state index in [9.17, 15) is 14.0 Å². The zero-order valence-electron chi connectivity index (χ0n) is 16.8. The molecule has 32 heavy (non-hydrogen) atoms. The maximum absolute atomic E-state index is 11.2. The number of allylic oxidation sites excluding steroid dienone is 1. The van der Waals surface area contributed by atoms with Gasteiger partial charge in [0.05, 0.1) is 20.5 Å². The molecule has 1 aliphatic heterocycles. The number of hydrogen-bond acceptors (Lipinski definition) is 4. The fourth-order valence-electron chi connectivity index (χ4n) is 3.73. The van der Waals surface area contributed by atoms with Gasteiger partial charge < -0.3 is 14.2 Å². The average Bonchev–Trinajstić information content (AvgIpc) is 3.18. The molecule has 3 aromatic carbocycles. The van der Waals surface area contributed by atoms with Gasteiger partial charge in [-0.15, -0.1) is 0 Å². The lowest BCUT2D eigenvalue weighted by atomic mass is 9.97. The number of hydrogen-bond donors (Lipinski definition) is 1. The molecule has 5 nitrogen and oxygen atoms in total.